The van der Waals surface area contributed by atoms with Gasteiger partial charge in [0.2, 0.25) is 0 Å². The smallest absolute Gasteiger partial charge is 0.251 e. The molecule has 2 aromatic carbocycles. The number of aromatic nitrogens is 2. The summed E-state index contributed by atoms with van der Waals surface area (Å²) < 4.78 is 2.12. The number of hydrogen-bond acceptors (Lipinski definition) is 5. The molecule has 0 aliphatic carbocycles. The minimum Gasteiger partial charge on any atom is -0.369 e. The molecule has 0 atom stereocenters. The molecule has 2 aromatic heterocycles. The number of nitrogens with one attached hydrogen (secondary N) is 1. The second-order valence-electron chi connectivity index (χ2n) is 11.8. The van der Waals surface area contributed by atoms with Crippen molar-refractivity contribution in [1.29, 1.82) is 0 Å². The van der Waals surface area contributed by atoms with Crippen LogP contribution in [0.1, 0.15) is 36.5 Å². The van der Waals surface area contributed by atoms with Gasteiger partial charge in [0.15, 0.2) is 0 Å². The maximum atomic E-state index is 13.4. The van der Waals surface area contributed by atoms with E-state index >= 15 is 0 Å². The third-order valence-corrected chi connectivity index (χ3v) is 9.22. The molecule has 42 heavy (non-hydrogen) atoms. The lowest BCUT2D eigenvalue weighted by Gasteiger charge is -2.34. The molecule has 0 saturated carbocycles. The van der Waals surface area contributed by atoms with Gasteiger partial charge in [-0.3, -0.25) is 4.79 Å². The van der Waals surface area contributed by atoms with E-state index in [2.05, 4.69) is 68.9 Å². The number of hydrogen-bond donors (Lipinski definition) is 1. The van der Waals surface area contributed by atoms with E-state index in [-0.39, 0.29) is 11.9 Å². The first kappa shape index (κ1) is 28.7. The summed E-state index contributed by atoms with van der Waals surface area (Å²) in [6.07, 6.45) is 4.90. The maximum absolute atomic E-state index is 13.4. The fourth-order valence-electron chi connectivity index (χ4n) is 6.52. The summed E-state index contributed by atoms with van der Waals surface area (Å²) in [6.45, 7) is 9.63. The van der Waals surface area contributed by atoms with Gasteiger partial charge in [0.05, 0.1) is 10.7 Å². The lowest BCUT2D eigenvalue weighted by molar-refractivity contribution is 0.0911. The number of pyridine rings is 1. The molecule has 4 heterocycles. The van der Waals surface area contributed by atoms with E-state index in [1.54, 1.807) is 6.20 Å². The number of carbonyl (C=O) groups excluding carboxylic acids is 1. The van der Waals surface area contributed by atoms with Crippen LogP contribution in [0.15, 0.2) is 60.8 Å². The second-order valence-corrected chi connectivity index (χ2v) is 12.2. The van der Waals surface area contributed by atoms with Gasteiger partial charge in [0, 0.05) is 80.8 Å². The Balaban J connectivity index is 1.33. The van der Waals surface area contributed by atoms with Gasteiger partial charge in [-0.15, -0.1) is 0 Å². The highest BCUT2D eigenvalue weighted by Gasteiger charge is 2.24. The van der Waals surface area contributed by atoms with Crippen molar-refractivity contribution in [2.45, 2.75) is 32.2 Å². The second kappa shape index (κ2) is 12.5. The lowest BCUT2D eigenvalue weighted by Crippen LogP contribution is -2.44. The predicted molar refractivity (Wildman–Crippen MR) is 174 cm³/mol. The van der Waals surface area contributed by atoms with Crippen molar-refractivity contribution in [3.8, 4) is 22.4 Å². The Kier molecular flexibility index (Phi) is 8.52. The molecular weight excluding hydrogens is 544 g/mol. The highest BCUT2D eigenvalue weighted by atomic mass is 35.5. The van der Waals surface area contributed by atoms with Crippen molar-refractivity contribution in [2.24, 2.45) is 7.05 Å². The number of aryl methyl sites for hydroxylation is 1. The molecule has 8 heteroatoms. The standard InChI is InChI=1S/C34H41ClN6O/c1-4-16-40-17-13-27(14-18-40)37-34(42)26-7-5-6-25(23-26)30-31-29(35)12-15-36-33(31)39(3)32(30)24-8-10-28(11-9-24)41-21-19-38(2)20-22-41/h5-12,15,23,27H,4,13-14,16-22H2,1-3H3,(H,37,42). The number of carbonyl (C=O) groups is 1. The van der Waals surface area contributed by atoms with Crippen molar-refractivity contribution in [1.82, 2.24) is 24.7 Å². The van der Waals surface area contributed by atoms with Gasteiger partial charge >= 0.3 is 0 Å². The van der Waals surface area contributed by atoms with E-state index in [0.717, 1.165) is 92.1 Å². The molecule has 0 bridgehead atoms. The Bertz CT molecular complexity index is 1550. The SMILES string of the molecule is CCCN1CCC(NC(=O)c2cccc(-c3c(-c4ccc(N5CCN(C)CC5)cc4)n(C)c4nccc(Cl)c34)c2)CC1. The number of anilines is 1. The summed E-state index contributed by atoms with van der Waals surface area (Å²) in [6, 6.07) is 18.8. The predicted octanol–water partition coefficient (Wildman–Crippen LogP) is 5.92. The zero-order valence-electron chi connectivity index (χ0n) is 24.9. The van der Waals surface area contributed by atoms with Crippen LogP contribution >= 0.6 is 11.6 Å². The largest absolute Gasteiger partial charge is 0.369 e. The van der Waals surface area contributed by atoms with Gasteiger partial charge in [-0.25, -0.2) is 4.98 Å². The topological polar surface area (TPSA) is 56.6 Å². The summed E-state index contributed by atoms with van der Waals surface area (Å²) in [5.41, 5.74) is 6.81. The van der Waals surface area contributed by atoms with Crippen LogP contribution in [-0.2, 0) is 7.05 Å². The molecule has 0 unspecified atom stereocenters. The molecular formula is C34H41ClN6O. The molecule has 0 spiro atoms. The van der Waals surface area contributed by atoms with Crippen LogP contribution in [-0.4, -0.2) is 84.2 Å². The van der Waals surface area contributed by atoms with Crippen LogP contribution in [0.5, 0.6) is 0 Å². The van der Waals surface area contributed by atoms with Crippen LogP contribution in [0.3, 0.4) is 0 Å². The molecule has 1 N–H and O–H groups in total. The van der Waals surface area contributed by atoms with E-state index < -0.39 is 0 Å². The highest BCUT2D eigenvalue weighted by Crippen LogP contribution is 2.43. The van der Waals surface area contributed by atoms with Crippen LogP contribution < -0.4 is 10.2 Å². The van der Waals surface area contributed by atoms with E-state index in [0.29, 0.717) is 10.6 Å². The maximum Gasteiger partial charge on any atom is 0.251 e. The summed E-state index contributed by atoms with van der Waals surface area (Å²) in [4.78, 5) is 25.4. The number of fused-ring (bicyclic) bond motifs is 1. The van der Waals surface area contributed by atoms with E-state index in [9.17, 15) is 4.79 Å². The Morgan fingerprint density at radius 3 is 2.40 bits per heavy atom. The number of rotatable bonds is 7. The molecule has 4 aromatic rings. The lowest BCUT2D eigenvalue weighted by atomic mass is 9.96. The normalized spacial score (nSPS) is 17.2. The summed E-state index contributed by atoms with van der Waals surface area (Å²) in [5, 5.41) is 4.86. The number of benzene rings is 2. The third kappa shape index (κ3) is 5.78. The first-order valence-corrected chi connectivity index (χ1v) is 15.6. The number of likely N-dealkylation sites (N-methyl/N-ethyl adjacent to an activating group) is 1. The van der Waals surface area contributed by atoms with Crippen molar-refractivity contribution in [3.05, 3.63) is 71.4 Å². The third-order valence-electron chi connectivity index (χ3n) is 8.91. The fourth-order valence-corrected chi connectivity index (χ4v) is 6.76. The minimum atomic E-state index is -0.0201. The van der Waals surface area contributed by atoms with Gasteiger partial charge < -0.3 is 24.6 Å². The van der Waals surface area contributed by atoms with Crippen LogP contribution in [0, 0.1) is 0 Å². The van der Waals surface area contributed by atoms with E-state index in [4.69, 9.17) is 16.6 Å². The Labute approximate surface area is 254 Å². The number of piperidine rings is 1. The molecule has 2 aliphatic rings. The van der Waals surface area contributed by atoms with Gasteiger partial charge in [-0.2, -0.15) is 0 Å². The number of amides is 1. The summed E-state index contributed by atoms with van der Waals surface area (Å²) in [5.74, 6) is -0.0201. The molecule has 0 radical (unpaired) electrons. The number of halogens is 1. The van der Waals surface area contributed by atoms with Crippen LogP contribution in [0.25, 0.3) is 33.4 Å². The highest BCUT2D eigenvalue weighted by molar-refractivity contribution is 6.37. The Morgan fingerprint density at radius 2 is 1.69 bits per heavy atom. The minimum absolute atomic E-state index is 0.0201. The number of nitrogens with zero attached hydrogens (tertiary/aromatic N) is 5. The molecule has 2 fully saturated rings. The summed E-state index contributed by atoms with van der Waals surface area (Å²) in [7, 11) is 4.22. The quantitative estimate of drug-likeness (QED) is 0.292. The van der Waals surface area contributed by atoms with Gasteiger partial charge in [0.25, 0.3) is 5.91 Å². The van der Waals surface area contributed by atoms with Crippen molar-refractivity contribution >= 4 is 34.2 Å². The molecule has 1 amide bonds. The average molecular weight is 585 g/mol. The Morgan fingerprint density at radius 1 is 0.952 bits per heavy atom. The van der Waals surface area contributed by atoms with Crippen molar-refractivity contribution in [3.63, 3.8) is 0 Å². The zero-order chi connectivity index (χ0) is 29.2. The van der Waals surface area contributed by atoms with Crippen LogP contribution in [0.4, 0.5) is 5.69 Å². The average Bonchev–Trinajstić information content (AvgIpc) is 3.32. The summed E-state index contributed by atoms with van der Waals surface area (Å²) >= 11 is 6.84. The molecule has 7 nitrogen and oxygen atoms in total. The number of piperazine rings is 1. The van der Waals surface area contributed by atoms with Crippen molar-refractivity contribution < 1.29 is 4.79 Å². The monoisotopic (exact) mass is 584 g/mol. The fraction of sp³-hybridized carbons (Fsp3) is 0.412. The number of likely N-dealkylation sites (tertiary alicyclic amines) is 1. The Hall–Kier alpha value is -3.39. The first-order chi connectivity index (χ1) is 20.4. The van der Waals surface area contributed by atoms with E-state index in [1.807, 2.05) is 31.3 Å². The molecule has 6 rings (SSSR count). The van der Waals surface area contributed by atoms with Crippen LogP contribution in [0.2, 0.25) is 5.02 Å². The molecule has 2 saturated heterocycles. The van der Waals surface area contributed by atoms with Gasteiger partial charge in [-0.1, -0.05) is 42.8 Å². The van der Waals surface area contributed by atoms with Gasteiger partial charge in [-0.05, 0) is 74.3 Å². The first-order valence-electron chi connectivity index (χ1n) is 15.2. The van der Waals surface area contributed by atoms with Crippen molar-refractivity contribution in [2.75, 3.05) is 57.8 Å². The van der Waals surface area contributed by atoms with E-state index in [1.165, 1.54) is 12.1 Å². The van der Waals surface area contributed by atoms with Gasteiger partial charge in [0.1, 0.15) is 5.65 Å². The molecule has 2 aliphatic heterocycles. The zero-order valence-corrected chi connectivity index (χ0v) is 25.7. The molecule has 220 valence electrons.